The van der Waals surface area contributed by atoms with Crippen LogP contribution in [0, 0.1) is 0 Å². The number of benzene rings is 1. The number of nitrogens with zero attached hydrogens (tertiary/aromatic N) is 3. The number of hydrogen-bond acceptors (Lipinski definition) is 4. The van der Waals surface area contributed by atoms with E-state index in [1.54, 1.807) is 24.5 Å². The van der Waals surface area contributed by atoms with Gasteiger partial charge in [-0.15, -0.1) is 11.6 Å². The first-order valence-corrected chi connectivity index (χ1v) is 7.93. The quantitative estimate of drug-likeness (QED) is 0.716. The van der Waals surface area contributed by atoms with Crippen molar-refractivity contribution < 1.29 is 4.79 Å². The third kappa shape index (κ3) is 3.44. The van der Waals surface area contributed by atoms with Gasteiger partial charge in [0.05, 0.1) is 24.2 Å². The minimum absolute atomic E-state index is 0.118. The lowest BCUT2D eigenvalue weighted by molar-refractivity contribution is -0.118. The molecule has 0 radical (unpaired) electrons. The predicted molar refractivity (Wildman–Crippen MR) is 91.9 cm³/mol. The molecule has 6 nitrogen and oxygen atoms in total. The van der Waals surface area contributed by atoms with Crippen LogP contribution >= 0.6 is 11.6 Å². The molecular formula is C17H15ClN4O2. The Morgan fingerprint density at radius 3 is 2.67 bits per heavy atom. The van der Waals surface area contributed by atoms with Crippen LogP contribution in [0.4, 0.5) is 0 Å². The van der Waals surface area contributed by atoms with Crippen molar-refractivity contribution in [2.24, 2.45) is 0 Å². The molecule has 0 saturated heterocycles. The molecule has 122 valence electrons. The number of alkyl halides is 1. The van der Waals surface area contributed by atoms with Gasteiger partial charge < -0.3 is 5.32 Å². The Morgan fingerprint density at radius 1 is 1.17 bits per heavy atom. The van der Waals surface area contributed by atoms with Gasteiger partial charge in [-0.1, -0.05) is 24.3 Å². The highest BCUT2D eigenvalue weighted by atomic mass is 35.5. The standard InChI is InChI=1S/C17H15ClN4O2/c18-8-16(23)20-10-15-13-5-1-2-6-14(13)17(24)22(21-15)11-12-4-3-7-19-9-12/h1-7,9H,8,10-11H2,(H,20,23). The minimum atomic E-state index is -0.285. The van der Waals surface area contributed by atoms with Crippen molar-refractivity contribution in [2.75, 3.05) is 5.88 Å². The molecular weight excluding hydrogens is 328 g/mol. The number of carbonyl (C=O) groups excluding carboxylic acids is 1. The van der Waals surface area contributed by atoms with E-state index in [4.69, 9.17) is 11.6 Å². The summed E-state index contributed by atoms with van der Waals surface area (Å²) >= 11 is 5.51. The average molecular weight is 343 g/mol. The van der Waals surface area contributed by atoms with E-state index < -0.39 is 0 Å². The van der Waals surface area contributed by atoms with Crippen molar-refractivity contribution in [1.82, 2.24) is 20.1 Å². The van der Waals surface area contributed by atoms with Crippen molar-refractivity contribution >= 4 is 28.3 Å². The molecule has 0 aliphatic heterocycles. The molecule has 3 aromatic rings. The van der Waals surface area contributed by atoms with E-state index in [-0.39, 0.29) is 23.9 Å². The van der Waals surface area contributed by atoms with E-state index >= 15 is 0 Å². The highest BCUT2D eigenvalue weighted by Crippen LogP contribution is 2.13. The molecule has 24 heavy (non-hydrogen) atoms. The number of rotatable bonds is 5. The van der Waals surface area contributed by atoms with Gasteiger partial charge in [0.25, 0.3) is 5.56 Å². The zero-order valence-corrected chi connectivity index (χ0v) is 13.5. The highest BCUT2D eigenvalue weighted by molar-refractivity contribution is 6.27. The molecule has 1 aromatic carbocycles. The second-order valence-electron chi connectivity index (χ2n) is 5.23. The van der Waals surface area contributed by atoms with E-state index in [2.05, 4.69) is 15.4 Å². The fraction of sp³-hybridized carbons (Fsp3) is 0.176. The zero-order chi connectivity index (χ0) is 16.9. The minimum Gasteiger partial charge on any atom is -0.349 e. The summed E-state index contributed by atoms with van der Waals surface area (Å²) in [4.78, 5) is 28.1. The van der Waals surface area contributed by atoms with Crippen molar-refractivity contribution in [3.63, 3.8) is 0 Å². The smallest absolute Gasteiger partial charge is 0.274 e. The predicted octanol–water partition coefficient (Wildman–Crippen LogP) is 1.69. The molecule has 0 saturated carbocycles. The lowest BCUT2D eigenvalue weighted by atomic mass is 10.1. The molecule has 7 heteroatoms. The summed E-state index contributed by atoms with van der Waals surface area (Å²) in [5.74, 6) is -0.402. The number of nitrogens with one attached hydrogen (secondary N) is 1. The van der Waals surface area contributed by atoms with E-state index in [1.807, 2.05) is 24.3 Å². The molecule has 1 amide bonds. The number of pyridine rings is 1. The fourth-order valence-corrected chi connectivity index (χ4v) is 2.53. The first-order chi connectivity index (χ1) is 11.7. The van der Waals surface area contributed by atoms with Crippen LogP contribution in [-0.2, 0) is 17.9 Å². The van der Waals surface area contributed by atoms with Crippen molar-refractivity contribution in [2.45, 2.75) is 13.1 Å². The molecule has 0 unspecified atom stereocenters. The van der Waals surface area contributed by atoms with Gasteiger partial charge in [-0.3, -0.25) is 14.6 Å². The molecule has 2 heterocycles. The largest absolute Gasteiger partial charge is 0.349 e. The normalized spacial score (nSPS) is 10.7. The third-order valence-corrected chi connectivity index (χ3v) is 3.82. The van der Waals surface area contributed by atoms with Gasteiger partial charge in [-0.25, -0.2) is 4.68 Å². The molecule has 1 N–H and O–H groups in total. The summed E-state index contributed by atoms with van der Waals surface area (Å²) in [6.07, 6.45) is 3.37. The maximum Gasteiger partial charge on any atom is 0.274 e. The van der Waals surface area contributed by atoms with Crippen molar-refractivity contribution in [1.29, 1.82) is 0 Å². The number of amides is 1. The van der Waals surface area contributed by atoms with Gasteiger partial charge in [0.2, 0.25) is 5.91 Å². The van der Waals surface area contributed by atoms with Crippen LogP contribution in [0.25, 0.3) is 10.8 Å². The Kier molecular flexibility index (Phi) is 4.86. The molecule has 0 atom stereocenters. The van der Waals surface area contributed by atoms with E-state index in [0.29, 0.717) is 17.6 Å². The van der Waals surface area contributed by atoms with Crippen LogP contribution in [0.3, 0.4) is 0 Å². The van der Waals surface area contributed by atoms with Gasteiger partial charge >= 0.3 is 0 Å². The molecule has 0 aliphatic carbocycles. The Morgan fingerprint density at radius 2 is 1.96 bits per heavy atom. The van der Waals surface area contributed by atoms with E-state index in [9.17, 15) is 9.59 Å². The third-order valence-electron chi connectivity index (χ3n) is 3.57. The number of fused-ring (bicyclic) bond motifs is 1. The summed E-state index contributed by atoms with van der Waals surface area (Å²) in [7, 11) is 0. The average Bonchev–Trinajstić information content (AvgIpc) is 2.63. The van der Waals surface area contributed by atoms with Gasteiger partial charge in [0, 0.05) is 17.8 Å². The van der Waals surface area contributed by atoms with Crippen LogP contribution in [0.1, 0.15) is 11.3 Å². The Balaban J connectivity index is 2.04. The lowest BCUT2D eigenvalue weighted by Gasteiger charge is -2.11. The summed E-state index contributed by atoms with van der Waals surface area (Å²) < 4.78 is 1.39. The summed E-state index contributed by atoms with van der Waals surface area (Å²) in [6.45, 7) is 0.521. The molecule has 0 bridgehead atoms. The second-order valence-corrected chi connectivity index (χ2v) is 5.49. The number of carbonyl (C=O) groups is 1. The van der Waals surface area contributed by atoms with Crippen molar-refractivity contribution in [3.05, 3.63) is 70.4 Å². The maximum absolute atomic E-state index is 12.7. The maximum atomic E-state index is 12.7. The summed E-state index contributed by atoms with van der Waals surface area (Å²) in [5.41, 5.74) is 1.31. The zero-order valence-electron chi connectivity index (χ0n) is 12.8. The lowest BCUT2D eigenvalue weighted by Crippen LogP contribution is -2.29. The Bertz CT molecular complexity index is 925. The van der Waals surface area contributed by atoms with Gasteiger partial charge in [0.15, 0.2) is 0 Å². The number of hydrogen-bond donors (Lipinski definition) is 1. The van der Waals surface area contributed by atoms with Gasteiger partial charge in [-0.2, -0.15) is 5.10 Å². The first-order valence-electron chi connectivity index (χ1n) is 7.39. The van der Waals surface area contributed by atoms with Gasteiger partial charge in [0.1, 0.15) is 5.88 Å². The molecule has 0 fully saturated rings. The summed E-state index contributed by atoms with van der Waals surface area (Å²) in [5, 5.41) is 8.39. The van der Waals surface area contributed by atoms with Crippen LogP contribution in [-0.4, -0.2) is 26.6 Å². The monoisotopic (exact) mass is 342 g/mol. The molecule has 3 rings (SSSR count). The Labute approximate surface area is 143 Å². The molecule has 2 aromatic heterocycles. The fourth-order valence-electron chi connectivity index (χ4n) is 2.44. The topological polar surface area (TPSA) is 76.9 Å². The number of aromatic nitrogens is 3. The summed E-state index contributed by atoms with van der Waals surface area (Å²) in [6, 6.07) is 10.9. The van der Waals surface area contributed by atoms with Crippen LogP contribution in [0.2, 0.25) is 0 Å². The molecule has 0 spiro atoms. The van der Waals surface area contributed by atoms with Crippen LogP contribution in [0.15, 0.2) is 53.6 Å². The van der Waals surface area contributed by atoms with Gasteiger partial charge in [-0.05, 0) is 17.7 Å². The SMILES string of the molecule is O=C(CCl)NCc1nn(Cc2cccnc2)c(=O)c2ccccc12. The van der Waals surface area contributed by atoms with E-state index in [1.165, 1.54) is 4.68 Å². The molecule has 0 aliphatic rings. The first kappa shape index (κ1) is 16.1. The highest BCUT2D eigenvalue weighted by Gasteiger charge is 2.11. The van der Waals surface area contributed by atoms with Crippen LogP contribution in [0.5, 0.6) is 0 Å². The second kappa shape index (κ2) is 7.23. The Hall–Kier alpha value is -2.73. The van der Waals surface area contributed by atoms with Crippen molar-refractivity contribution in [3.8, 4) is 0 Å². The number of halogens is 1. The van der Waals surface area contributed by atoms with Crippen LogP contribution < -0.4 is 10.9 Å². The van der Waals surface area contributed by atoms with E-state index in [0.717, 1.165) is 10.9 Å².